The molecular weight excluding hydrogens is 336 g/mol. The summed E-state index contributed by atoms with van der Waals surface area (Å²) in [7, 11) is 1.38. The molecule has 1 amide bonds. The van der Waals surface area contributed by atoms with Gasteiger partial charge in [0.1, 0.15) is 5.75 Å². The first-order chi connectivity index (χ1) is 11.6. The van der Waals surface area contributed by atoms with Crippen LogP contribution >= 0.6 is 11.8 Å². The highest BCUT2D eigenvalue weighted by Crippen LogP contribution is 2.39. The van der Waals surface area contributed by atoms with Crippen LogP contribution in [0, 0.1) is 10.1 Å². The lowest BCUT2D eigenvalue weighted by Gasteiger charge is -2.09. The van der Waals surface area contributed by atoms with E-state index in [4.69, 9.17) is 9.15 Å². The lowest BCUT2D eigenvalue weighted by molar-refractivity contribution is -0.384. The lowest BCUT2D eigenvalue weighted by atomic mass is 10.2. The summed E-state index contributed by atoms with van der Waals surface area (Å²) in [5.41, 5.74) is 0.246. The molecule has 24 heavy (non-hydrogen) atoms. The number of methoxy groups -OCH3 is 1. The summed E-state index contributed by atoms with van der Waals surface area (Å²) in [5.74, 6) is 0.974. The number of carbonyl (C=O) groups is 1. The standard InChI is InChI=1S/C14H14N4O5S/c1-22-11-6-9(18(20)21)4-5-10(11)15-12(19)7-24-14-17-16-13(23-14)8-2-3-8/h4-6,8H,2-3,7H2,1H3,(H,15,19). The van der Waals surface area contributed by atoms with Gasteiger partial charge in [-0.1, -0.05) is 11.8 Å². The van der Waals surface area contributed by atoms with Crippen molar-refractivity contribution < 1.29 is 18.9 Å². The fourth-order valence-electron chi connectivity index (χ4n) is 1.98. The fraction of sp³-hybridized carbons (Fsp3) is 0.357. The van der Waals surface area contributed by atoms with E-state index in [9.17, 15) is 14.9 Å². The highest BCUT2D eigenvalue weighted by molar-refractivity contribution is 7.99. The maximum Gasteiger partial charge on any atom is 0.277 e. The van der Waals surface area contributed by atoms with Gasteiger partial charge in [-0.25, -0.2) is 0 Å². The van der Waals surface area contributed by atoms with E-state index in [-0.39, 0.29) is 23.1 Å². The molecular formula is C14H14N4O5S. The van der Waals surface area contributed by atoms with Crippen molar-refractivity contribution in [2.45, 2.75) is 24.0 Å². The highest BCUT2D eigenvalue weighted by Gasteiger charge is 2.29. The summed E-state index contributed by atoms with van der Waals surface area (Å²) in [5, 5.41) is 21.6. The molecule has 0 saturated heterocycles. The first kappa shape index (κ1) is 16.2. The number of carbonyl (C=O) groups excluding carboxylic acids is 1. The Kier molecular flexibility index (Phi) is 4.65. The van der Waals surface area contributed by atoms with Crippen LogP contribution < -0.4 is 10.1 Å². The molecule has 1 N–H and O–H groups in total. The molecule has 1 aromatic carbocycles. The zero-order chi connectivity index (χ0) is 17.1. The molecule has 1 aromatic heterocycles. The number of nitro groups is 1. The van der Waals surface area contributed by atoms with E-state index in [1.807, 2.05) is 0 Å². The Morgan fingerprint density at radius 1 is 1.50 bits per heavy atom. The van der Waals surface area contributed by atoms with E-state index in [0.29, 0.717) is 22.7 Å². The van der Waals surface area contributed by atoms with Crippen LogP contribution in [0.15, 0.2) is 27.8 Å². The molecule has 1 heterocycles. The first-order valence-corrected chi connectivity index (χ1v) is 8.14. The molecule has 126 valence electrons. The second-order valence-electron chi connectivity index (χ2n) is 5.16. The van der Waals surface area contributed by atoms with Gasteiger partial charge >= 0.3 is 0 Å². The van der Waals surface area contributed by atoms with Crippen LogP contribution in [-0.2, 0) is 4.79 Å². The third-order valence-corrected chi connectivity index (χ3v) is 4.16. The van der Waals surface area contributed by atoms with Gasteiger partial charge in [0.25, 0.3) is 10.9 Å². The van der Waals surface area contributed by atoms with Crippen molar-refractivity contribution in [3.63, 3.8) is 0 Å². The van der Waals surface area contributed by atoms with Crippen molar-refractivity contribution in [2.24, 2.45) is 0 Å². The number of hydrogen-bond acceptors (Lipinski definition) is 8. The van der Waals surface area contributed by atoms with Gasteiger partial charge in [0.2, 0.25) is 11.8 Å². The van der Waals surface area contributed by atoms with Crippen molar-refractivity contribution in [1.82, 2.24) is 10.2 Å². The number of thioether (sulfide) groups is 1. The fourth-order valence-corrected chi connectivity index (χ4v) is 2.55. The third-order valence-electron chi connectivity index (χ3n) is 3.35. The summed E-state index contributed by atoms with van der Waals surface area (Å²) in [6.45, 7) is 0. The molecule has 1 fully saturated rings. The van der Waals surface area contributed by atoms with Crippen molar-refractivity contribution >= 4 is 29.0 Å². The van der Waals surface area contributed by atoms with Crippen LogP contribution in [-0.4, -0.2) is 33.9 Å². The van der Waals surface area contributed by atoms with Gasteiger partial charge in [0.15, 0.2) is 0 Å². The summed E-state index contributed by atoms with van der Waals surface area (Å²) >= 11 is 1.13. The Morgan fingerprint density at radius 3 is 2.96 bits per heavy atom. The van der Waals surface area contributed by atoms with Crippen molar-refractivity contribution in [2.75, 3.05) is 18.2 Å². The minimum absolute atomic E-state index is 0.0758. The largest absolute Gasteiger partial charge is 0.494 e. The average molecular weight is 350 g/mol. The van der Waals surface area contributed by atoms with Gasteiger partial charge in [0.05, 0.1) is 29.5 Å². The number of aromatic nitrogens is 2. The van der Waals surface area contributed by atoms with Crippen LogP contribution in [0.5, 0.6) is 5.75 Å². The molecule has 1 aliphatic rings. The predicted molar refractivity (Wildman–Crippen MR) is 85.3 cm³/mol. The molecule has 2 aromatic rings. The minimum atomic E-state index is -0.531. The predicted octanol–water partition coefficient (Wildman–Crippen LogP) is 2.59. The third kappa shape index (κ3) is 3.82. The smallest absolute Gasteiger partial charge is 0.277 e. The summed E-state index contributed by atoms with van der Waals surface area (Å²) in [4.78, 5) is 22.2. The number of benzene rings is 1. The van der Waals surface area contributed by atoms with Crippen LogP contribution in [0.3, 0.4) is 0 Å². The van der Waals surface area contributed by atoms with E-state index in [1.165, 1.54) is 25.3 Å². The van der Waals surface area contributed by atoms with Gasteiger partial charge in [0, 0.05) is 12.0 Å². The molecule has 3 rings (SSSR count). The number of amides is 1. The monoisotopic (exact) mass is 350 g/mol. The molecule has 0 unspecified atom stereocenters. The van der Waals surface area contributed by atoms with Gasteiger partial charge in [-0.15, -0.1) is 10.2 Å². The lowest BCUT2D eigenvalue weighted by Crippen LogP contribution is -2.14. The number of hydrogen-bond donors (Lipinski definition) is 1. The van der Waals surface area contributed by atoms with Gasteiger partial charge in [-0.2, -0.15) is 0 Å². The summed E-state index contributed by atoms with van der Waals surface area (Å²) in [6.07, 6.45) is 2.12. The molecule has 1 saturated carbocycles. The molecule has 0 radical (unpaired) electrons. The Hall–Kier alpha value is -2.62. The summed E-state index contributed by atoms with van der Waals surface area (Å²) in [6, 6.07) is 3.98. The Morgan fingerprint density at radius 2 is 2.29 bits per heavy atom. The zero-order valence-corrected chi connectivity index (χ0v) is 13.5. The molecule has 10 heteroatoms. The van der Waals surface area contributed by atoms with E-state index in [0.717, 1.165) is 24.6 Å². The number of rotatable bonds is 7. The molecule has 0 aliphatic heterocycles. The van der Waals surface area contributed by atoms with E-state index in [1.54, 1.807) is 0 Å². The number of ether oxygens (including phenoxy) is 1. The van der Waals surface area contributed by atoms with E-state index in [2.05, 4.69) is 15.5 Å². The molecule has 0 bridgehead atoms. The average Bonchev–Trinajstić information content (AvgIpc) is 3.31. The zero-order valence-electron chi connectivity index (χ0n) is 12.7. The Labute approximate surface area is 140 Å². The normalized spacial score (nSPS) is 13.5. The molecule has 0 spiro atoms. The number of non-ortho nitro benzene ring substituents is 1. The van der Waals surface area contributed by atoms with E-state index >= 15 is 0 Å². The molecule has 0 atom stereocenters. The topological polar surface area (TPSA) is 120 Å². The molecule has 9 nitrogen and oxygen atoms in total. The van der Waals surface area contributed by atoms with Crippen molar-refractivity contribution in [3.8, 4) is 5.75 Å². The quantitative estimate of drug-likeness (QED) is 0.459. The van der Waals surface area contributed by atoms with Gasteiger partial charge < -0.3 is 14.5 Å². The Balaban J connectivity index is 1.58. The van der Waals surface area contributed by atoms with Crippen LogP contribution in [0.1, 0.15) is 24.7 Å². The minimum Gasteiger partial charge on any atom is -0.494 e. The second kappa shape index (κ2) is 6.87. The highest BCUT2D eigenvalue weighted by atomic mass is 32.2. The van der Waals surface area contributed by atoms with E-state index < -0.39 is 4.92 Å². The number of nitrogens with zero attached hydrogens (tertiary/aromatic N) is 3. The Bertz CT molecular complexity index is 774. The van der Waals surface area contributed by atoms with Gasteiger partial charge in [-0.05, 0) is 18.9 Å². The number of nitrogens with one attached hydrogen (secondary N) is 1. The first-order valence-electron chi connectivity index (χ1n) is 7.15. The summed E-state index contributed by atoms with van der Waals surface area (Å²) < 4.78 is 10.5. The maximum atomic E-state index is 12.0. The number of anilines is 1. The van der Waals surface area contributed by atoms with Crippen LogP contribution in [0.25, 0.3) is 0 Å². The van der Waals surface area contributed by atoms with Crippen molar-refractivity contribution in [1.29, 1.82) is 0 Å². The maximum absolute atomic E-state index is 12.0. The van der Waals surface area contributed by atoms with Crippen LogP contribution in [0.2, 0.25) is 0 Å². The van der Waals surface area contributed by atoms with Crippen LogP contribution in [0.4, 0.5) is 11.4 Å². The van der Waals surface area contributed by atoms with Crippen molar-refractivity contribution in [3.05, 3.63) is 34.2 Å². The SMILES string of the molecule is COc1cc([N+](=O)[O-])ccc1NC(=O)CSc1nnc(C2CC2)o1. The number of nitro benzene ring substituents is 1. The molecule has 1 aliphatic carbocycles. The van der Waals surface area contributed by atoms with Gasteiger partial charge in [-0.3, -0.25) is 14.9 Å². The second-order valence-corrected chi connectivity index (χ2v) is 6.09.